The molecule has 9 heteroatoms. The maximum atomic E-state index is 13.0. The van der Waals surface area contributed by atoms with Crippen LogP contribution in [0, 0.1) is 17.1 Å². The van der Waals surface area contributed by atoms with E-state index in [1.807, 2.05) is 30.3 Å². The lowest BCUT2D eigenvalue weighted by Crippen LogP contribution is -2.37. The van der Waals surface area contributed by atoms with Crippen LogP contribution in [0.15, 0.2) is 59.6 Å². The Morgan fingerprint density at radius 1 is 1.16 bits per heavy atom. The number of rotatable bonds is 7. The summed E-state index contributed by atoms with van der Waals surface area (Å²) in [5, 5.41) is 20.4. The molecule has 4 N–H and O–H groups in total. The molecule has 0 radical (unpaired) electrons. The molecule has 0 bridgehead atoms. The lowest BCUT2D eigenvalue weighted by atomic mass is 10.1. The van der Waals surface area contributed by atoms with Gasteiger partial charge in [-0.15, -0.1) is 24.0 Å². The summed E-state index contributed by atoms with van der Waals surface area (Å²) in [6.45, 7) is 1.18. The number of halogens is 2. The molecule has 1 heterocycles. The predicted octanol–water partition coefficient (Wildman–Crippen LogP) is 3.38. The predicted molar refractivity (Wildman–Crippen MR) is 131 cm³/mol. The number of hydrogen-bond acceptors (Lipinski definition) is 4. The van der Waals surface area contributed by atoms with E-state index in [4.69, 9.17) is 5.73 Å². The first-order chi connectivity index (χ1) is 14.6. The van der Waals surface area contributed by atoms with Crippen LogP contribution in [0.1, 0.15) is 23.2 Å². The molecule has 31 heavy (non-hydrogen) atoms. The Kier molecular flexibility index (Phi) is 9.27. The van der Waals surface area contributed by atoms with Crippen molar-refractivity contribution in [3.05, 3.63) is 77.2 Å². The van der Waals surface area contributed by atoms with Crippen LogP contribution >= 0.6 is 24.0 Å². The molecule has 2 aromatic carbocycles. The number of hydrogen-bond donors (Lipinski definition) is 3. The summed E-state index contributed by atoms with van der Waals surface area (Å²) in [5.74, 6) is 0.742. The minimum Gasteiger partial charge on any atom is -0.382 e. The van der Waals surface area contributed by atoms with Gasteiger partial charge in [0.2, 0.25) is 0 Å². The fraction of sp³-hybridized carbons (Fsp3) is 0.227. The Bertz CT molecular complexity index is 1040. The second-order valence-corrected chi connectivity index (χ2v) is 6.65. The molecule has 3 rings (SSSR count). The zero-order valence-electron chi connectivity index (χ0n) is 17.2. The summed E-state index contributed by atoms with van der Waals surface area (Å²) in [5.41, 5.74) is 9.00. The van der Waals surface area contributed by atoms with Crippen LogP contribution in [0.25, 0.3) is 5.69 Å². The van der Waals surface area contributed by atoms with Gasteiger partial charge in [-0.05, 0) is 42.7 Å². The smallest absolute Gasteiger partial charge is 0.191 e. The van der Waals surface area contributed by atoms with Crippen molar-refractivity contribution in [1.82, 2.24) is 20.4 Å². The Labute approximate surface area is 198 Å². The minimum absolute atomic E-state index is 0. The third kappa shape index (κ3) is 6.42. The van der Waals surface area contributed by atoms with Crippen LogP contribution in [0.5, 0.6) is 0 Å². The van der Waals surface area contributed by atoms with Crippen LogP contribution < -0.4 is 16.4 Å². The molecule has 0 spiro atoms. The molecule has 0 aliphatic rings. The van der Waals surface area contributed by atoms with Gasteiger partial charge in [-0.3, -0.25) is 4.99 Å². The van der Waals surface area contributed by atoms with E-state index in [-0.39, 0.29) is 29.8 Å². The molecule has 0 aliphatic heterocycles. The minimum atomic E-state index is -0.256. The fourth-order valence-electron chi connectivity index (χ4n) is 3.01. The first-order valence-corrected chi connectivity index (χ1v) is 9.64. The van der Waals surface area contributed by atoms with Crippen LogP contribution in [0.2, 0.25) is 0 Å². The second-order valence-electron chi connectivity index (χ2n) is 6.65. The topological polar surface area (TPSA) is 104 Å². The van der Waals surface area contributed by atoms with E-state index in [0.717, 1.165) is 17.7 Å². The van der Waals surface area contributed by atoms with Gasteiger partial charge in [-0.25, -0.2) is 9.07 Å². The first kappa shape index (κ1) is 24.1. The third-order valence-electron chi connectivity index (χ3n) is 4.59. The summed E-state index contributed by atoms with van der Waals surface area (Å²) in [7, 11) is 1.69. The molecule has 0 fully saturated rings. The molecule has 0 aliphatic carbocycles. The Morgan fingerprint density at radius 2 is 1.87 bits per heavy atom. The zero-order chi connectivity index (χ0) is 21.3. The normalized spacial score (nSPS) is 10.8. The Hall–Kier alpha value is -3.13. The number of nitrogens with one attached hydrogen (secondary N) is 2. The van der Waals surface area contributed by atoms with E-state index in [1.165, 1.54) is 12.1 Å². The largest absolute Gasteiger partial charge is 0.382 e. The molecule has 7 nitrogen and oxygen atoms in total. The number of nitrogens with two attached hydrogens (primary N) is 1. The van der Waals surface area contributed by atoms with Crippen molar-refractivity contribution >= 4 is 35.8 Å². The van der Waals surface area contributed by atoms with E-state index in [9.17, 15) is 9.65 Å². The van der Waals surface area contributed by atoms with E-state index >= 15 is 0 Å². The number of aromatic nitrogens is 2. The SMILES string of the molecule is CN=C(NCCCc1nn(-c2ccccc2)c(N)c1C#N)NCc1ccc(F)cc1.I. The van der Waals surface area contributed by atoms with Crippen molar-refractivity contribution in [3.8, 4) is 11.8 Å². The molecular formula is C22H25FIN7. The highest BCUT2D eigenvalue weighted by atomic mass is 127. The van der Waals surface area contributed by atoms with Crippen molar-refractivity contribution in [2.75, 3.05) is 19.3 Å². The molecule has 0 amide bonds. The monoisotopic (exact) mass is 533 g/mol. The Morgan fingerprint density at radius 3 is 2.52 bits per heavy atom. The highest BCUT2D eigenvalue weighted by Crippen LogP contribution is 2.21. The number of nitrogen functional groups attached to an aromatic ring is 1. The van der Waals surface area contributed by atoms with E-state index in [2.05, 4.69) is 26.8 Å². The maximum absolute atomic E-state index is 13.0. The lowest BCUT2D eigenvalue weighted by molar-refractivity contribution is 0.626. The molecule has 3 aromatic rings. The van der Waals surface area contributed by atoms with Crippen molar-refractivity contribution in [1.29, 1.82) is 5.26 Å². The lowest BCUT2D eigenvalue weighted by Gasteiger charge is -2.11. The third-order valence-corrected chi connectivity index (χ3v) is 4.59. The van der Waals surface area contributed by atoms with Crippen molar-refractivity contribution in [3.63, 3.8) is 0 Å². The number of nitriles is 1. The number of nitrogens with zero attached hydrogens (tertiary/aromatic N) is 4. The van der Waals surface area contributed by atoms with Gasteiger partial charge in [-0.1, -0.05) is 30.3 Å². The number of guanidine groups is 1. The van der Waals surface area contributed by atoms with Crippen LogP contribution in [0.4, 0.5) is 10.2 Å². The van der Waals surface area contributed by atoms with Gasteiger partial charge in [0, 0.05) is 20.1 Å². The summed E-state index contributed by atoms with van der Waals surface area (Å²) < 4.78 is 14.6. The molecule has 0 saturated heterocycles. The fourth-order valence-corrected chi connectivity index (χ4v) is 3.01. The average Bonchev–Trinajstić information content (AvgIpc) is 3.10. The molecule has 0 atom stereocenters. The number of para-hydroxylation sites is 1. The van der Waals surface area contributed by atoms with Crippen molar-refractivity contribution < 1.29 is 4.39 Å². The zero-order valence-corrected chi connectivity index (χ0v) is 19.5. The van der Waals surface area contributed by atoms with Gasteiger partial charge in [0.1, 0.15) is 23.3 Å². The quantitative estimate of drug-likeness (QED) is 0.187. The second kappa shape index (κ2) is 11.9. The Balaban J connectivity index is 0.00000341. The van der Waals surface area contributed by atoms with Gasteiger partial charge in [0.05, 0.1) is 11.4 Å². The summed E-state index contributed by atoms with van der Waals surface area (Å²) in [6, 6.07) is 18.0. The van der Waals surface area contributed by atoms with Crippen LogP contribution in [-0.4, -0.2) is 29.3 Å². The first-order valence-electron chi connectivity index (χ1n) is 9.64. The molecule has 0 unspecified atom stereocenters. The maximum Gasteiger partial charge on any atom is 0.191 e. The number of benzene rings is 2. The van der Waals surface area contributed by atoms with Crippen LogP contribution in [-0.2, 0) is 13.0 Å². The number of anilines is 1. The summed E-state index contributed by atoms with van der Waals surface area (Å²) >= 11 is 0. The molecule has 1 aromatic heterocycles. The average molecular weight is 533 g/mol. The van der Waals surface area contributed by atoms with E-state index in [0.29, 0.717) is 42.5 Å². The van der Waals surface area contributed by atoms with Gasteiger partial charge in [0.15, 0.2) is 5.96 Å². The van der Waals surface area contributed by atoms with Gasteiger partial charge in [-0.2, -0.15) is 10.4 Å². The van der Waals surface area contributed by atoms with Crippen LogP contribution in [0.3, 0.4) is 0 Å². The van der Waals surface area contributed by atoms with Gasteiger partial charge < -0.3 is 16.4 Å². The van der Waals surface area contributed by atoms with E-state index < -0.39 is 0 Å². The highest BCUT2D eigenvalue weighted by Gasteiger charge is 2.16. The molecular weight excluding hydrogens is 508 g/mol. The number of aryl methyl sites for hydroxylation is 1. The standard InChI is InChI=1S/C22H24FN7.HI/c1-26-22(28-15-16-9-11-17(23)12-10-16)27-13-5-8-20-19(14-24)21(25)30(29-20)18-6-3-2-4-7-18;/h2-4,6-7,9-12H,5,8,13,15,25H2,1H3,(H2,26,27,28);1H. The highest BCUT2D eigenvalue weighted by molar-refractivity contribution is 14.0. The molecule has 162 valence electrons. The van der Waals surface area contributed by atoms with Crippen molar-refractivity contribution in [2.24, 2.45) is 4.99 Å². The summed E-state index contributed by atoms with van der Waals surface area (Å²) in [6.07, 6.45) is 1.35. The van der Waals surface area contributed by atoms with Gasteiger partial charge >= 0.3 is 0 Å². The molecule has 0 saturated carbocycles. The summed E-state index contributed by atoms with van der Waals surface area (Å²) in [4.78, 5) is 4.19. The number of aliphatic imine (C=N–C) groups is 1. The van der Waals surface area contributed by atoms with Crippen molar-refractivity contribution in [2.45, 2.75) is 19.4 Å². The van der Waals surface area contributed by atoms with Gasteiger partial charge in [0.25, 0.3) is 0 Å². The van der Waals surface area contributed by atoms with E-state index in [1.54, 1.807) is 23.9 Å².